The third-order valence-electron chi connectivity index (χ3n) is 2.96. The fraction of sp³-hybridized carbons (Fsp3) is 0.312. The molecular weight excluding hydrogens is 254 g/mol. The number of aliphatic imine (C=N–C) groups is 1. The topological polar surface area (TPSA) is 44.0 Å². The summed E-state index contributed by atoms with van der Waals surface area (Å²) in [6, 6.07) is 9.75. The number of nitrogens with zero attached hydrogens (tertiary/aromatic N) is 1. The van der Waals surface area contributed by atoms with E-state index in [1.807, 2.05) is 37.3 Å². The maximum absolute atomic E-state index is 5.42. The number of hydrogen-bond acceptors (Lipinski definition) is 4. The summed E-state index contributed by atoms with van der Waals surface area (Å²) in [6.45, 7) is 2.62. The Morgan fingerprint density at radius 1 is 1.10 bits per heavy atom. The predicted molar refractivity (Wildman–Crippen MR) is 79.2 cm³/mol. The van der Waals surface area contributed by atoms with Crippen molar-refractivity contribution in [2.24, 2.45) is 4.99 Å². The Morgan fingerprint density at radius 3 is 2.55 bits per heavy atom. The second kappa shape index (κ2) is 6.80. The molecule has 0 amide bonds. The molecule has 106 valence electrons. The summed E-state index contributed by atoms with van der Waals surface area (Å²) in [4.78, 5) is 4.36. The highest BCUT2D eigenvalue weighted by molar-refractivity contribution is 5.75. The first-order valence-corrected chi connectivity index (χ1v) is 6.50. The number of aryl methyl sites for hydroxylation is 1. The average molecular weight is 273 g/mol. The molecule has 4 heteroatoms. The molecule has 2 rings (SSSR count). The van der Waals surface area contributed by atoms with Gasteiger partial charge in [0.25, 0.3) is 0 Å². The van der Waals surface area contributed by atoms with Crippen LogP contribution >= 0.6 is 0 Å². The monoisotopic (exact) mass is 273 g/mol. The van der Waals surface area contributed by atoms with Gasteiger partial charge in [-0.15, -0.1) is 0 Å². The van der Waals surface area contributed by atoms with Crippen LogP contribution in [0.25, 0.3) is 0 Å². The quantitative estimate of drug-likeness (QED) is 0.759. The maximum atomic E-state index is 5.42. The van der Waals surface area contributed by atoms with E-state index in [4.69, 9.17) is 13.9 Å². The van der Waals surface area contributed by atoms with Crippen LogP contribution in [0.1, 0.15) is 17.1 Å². The molecule has 20 heavy (non-hydrogen) atoms. The molecule has 1 heterocycles. The normalized spacial score (nSPS) is 10.9. The Labute approximate surface area is 119 Å². The van der Waals surface area contributed by atoms with Crippen molar-refractivity contribution in [1.82, 2.24) is 0 Å². The summed E-state index contributed by atoms with van der Waals surface area (Å²) in [5, 5.41) is 0. The van der Waals surface area contributed by atoms with E-state index < -0.39 is 0 Å². The van der Waals surface area contributed by atoms with Crippen LogP contribution in [0.2, 0.25) is 0 Å². The van der Waals surface area contributed by atoms with Gasteiger partial charge in [-0.2, -0.15) is 0 Å². The molecule has 0 spiro atoms. The lowest BCUT2D eigenvalue weighted by molar-refractivity contribution is 0.354. The first-order chi connectivity index (χ1) is 9.72. The van der Waals surface area contributed by atoms with E-state index >= 15 is 0 Å². The lowest BCUT2D eigenvalue weighted by Crippen LogP contribution is -1.94. The minimum atomic E-state index is 0.704. The second-order valence-electron chi connectivity index (χ2n) is 4.42. The van der Waals surface area contributed by atoms with Crippen LogP contribution in [-0.2, 0) is 6.42 Å². The van der Waals surface area contributed by atoms with Crippen molar-refractivity contribution < 1.29 is 13.9 Å². The molecule has 0 N–H and O–H groups in total. The van der Waals surface area contributed by atoms with Crippen molar-refractivity contribution in [2.45, 2.75) is 13.3 Å². The van der Waals surface area contributed by atoms with Gasteiger partial charge in [-0.05, 0) is 43.2 Å². The van der Waals surface area contributed by atoms with E-state index in [-0.39, 0.29) is 0 Å². The van der Waals surface area contributed by atoms with E-state index in [2.05, 4.69) is 4.99 Å². The van der Waals surface area contributed by atoms with Crippen molar-refractivity contribution >= 4 is 6.21 Å². The van der Waals surface area contributed by atoms with Crippen molar-refractivity contribution in [3.63, 3.8) is 0 Å². The van der Waals surface area contributed by atoms with Crippen LogP contribution in [0.15, 0.2) is 39.7 Å². The molecule has 2 aromatic rings. The first kappa shape index (κ1) is 14.2. The van der Waals surface area contributed by atoms with Gasteiger partial charge in [0.15, 0.2) is 11.5 Å². The molecular formula is C16H19NO3. The molecule has 4 nitrogen and oxygen atoms in total. The molecule has 0 unspecified atom stereocenters. The Kier molecular flexibility index (Phi) is 4.82. The number of methoxy groups -OCH3 is 2. The van der Waals surface area contributed by atoms with Crippen molar-refractivity contribution in [3.8, 4) is 11.5 Å². The van der Waals surface area contributed by atoms with Gasteiger partial charge in [-0.25, -0.2) is 0 Å². The minimum absolute atomic E-state index is 0.704. The third kappa shape index (κ3) is 3.63. The highest BCUT2D eigenvalue weighted by Crippen LogP contribution is 2.27. The molecule has 0 aliphatic heterocycles. The van der Waals surface area contributed by atoms with E-state index in [9.17, 15) is 0 Å². The molecule has 0 fully saturated rings. The maximum Gasteiger partial charge on any atom is 0.160 e. The smallest absolute Gasteiger partial charge is 0.160 e. The van der Waals surface area contributed by atoms with Gasteiger partial charge in [0, 0.05) is 6.54 Å². The fourth-order valence-corrected chi connectivity index (χ4v) is 1.91. The van der Waals surface area contributed by atoms with Gasteiger partial charge in [-0.3, -0.25) is 4.99 Å². The molecule has 0 bridgehead atoms. The molecule has 0 atom stereocenters. The molecule has 0 radical (unpaired) electrons. The summed E-state index contributed by atoms with van der Waals surface area (Å²) in [7, 11) is 3.27. The van der Waals surface area contributed by atoms with Crippen LogP contribution in [0.4, 0.5) is 0 Å². The number of furan rings is 1. The Balaban J connectivity index is 1.92. The van der Waals surface area contributed by atoms with Crippen molar-refractivity contribution in [1.29, 1.82) is 0 Å². The zero-order chi connectivity index (χ0) is 14.4. The predicted octanol–water partition coefficient (Wildman–Crippen LogP) is 3.27. The standard InChI is InChI=1S/C16H19NO3/c1-12-4-6-14(20-12)11-17-9-8-13-5-7-15(18-2)16(10-13)19-3/h4-7,10-11H,8-9H2,1-3H3. The van der Waals surface area contributed by atoms with Gasteiger partial charge in [0.2, 0.25) is 0 Å². The van der Waals surface area contributed by atoms with Gasteiger partial charge in [0.1, 0.15) is 11.5 Å². The van der Waals surface area contributed by atoms with E-state index in [1.165, 1.54) is 0 Å². The molecule has 1 aromatic carbocycles. The Bertz CT molecular complexity index is 587. The highest BCUT2D eigenvalue weighted by Gasteiger charge is 2.03. The highest BCUT2D eigenvalue weighted by atomic mass is 16.5. The molecule has 1 aromatic heterocycles. The number of hydrogen-bond donors (Lipinski definition) is 0. The van der Waals surface area contributed by atoms with Gasteiger partial charge in [0.05, 0.1) is 20.4 Å². The second-order valence-corrected chi connectivity index (χ2v) is 4.42. The van der Waals surface area contributed by atoms with Crippen LogP contribution in [0.5, 0.6) is 11.5 Å². The summed E-state index contributed by atoms with van der Waals surface area (Å²) >= 11 is 0. The lowest BCUT2D eigenvalue weighted by Gasteiger charge is -2.08. The summed E-state index contributed by atoms with van der Waals surface area (Å²) < 4.78 is 15.9. The van der Waals surface area contributed by atoms with Gasteiger partial charge in [-0.1, -0.05) is 6.07 Å². The third-order valence-corrected chi connectivity index (χ3v) is 2.96. The largest absolute Gasteiger partial charge is 0.493 e. The van der Waals surface area contributed by atoms with Crippen LogP contribution in [0.3, 0.4) is 0 Å². The van der Waals surface area contributed by atoms with E-state index in [1.54, 1.807) is 20.4 Å². The van der Waals surface area contributed by atoms with Crippen molar-refractivity contribution in [3.05, 3.63) is 47.4 Å². The Hall–Kier alpha value is -2.23. The average Bonchev–Trinajstić information content (AvgIpc) is 2.89. The number of benzene rings is 1. The molecule has 0 saturated heterocycles. The summed E-state index contributed by atoms with van der Waals surface area (Å²) in [5.74, 6) is 3.17. The summed E-state index contributed by atoms with van der Waals surface area (Å²) in [5.41, 5.74) is 1.16. The summed E-state index contributed by atoms with van der Waals surface area (Å²) in [6.07, 6.45) is 2.60. The van der Waals surface area contributed by atoms with Crippen LogP contribution < -0.4 is 9.47 Å². The van der Waals surface area contributed by atoms with E-state index in [0.29, 0.717) is 6.54 Å². The van der Waals surface area contributed by atoms with Crippen LogP contribution in [-0.4, -0.2) is 27.0 Å². The fourth-order valence-electron chi connectivity index (χ4n) is 1.91. The zero-order valence-electron chi connectivity index (χ0n) is 12.1. The van der Waals surface area contributed by atoms with E-state index in [0.717, 1.165) is 35.0 Å². The minimum Gasteiger partial charge on any atom is -0.493 e. The van der Waals surface area contributed by atoms with Gasteiger partial charge >= 0.3 is 0 Å². The molecule has 0 aliphatic rings. The van der Waals surface area contributed by atoms with Crippen molar-refractivity contribution in [2.75, 3.05) is 20.8 Å². The van der Waals surface area contributed by atoms with Gasteiger partial charge < -0.3 is 13.9 Å². The zero-order valence-corrected chi connectivity index (χ0v) is 12.1. The SMILES string of the molecule is COc1ccc(CCN=Cc2ccc(C)o2)cc1OC. The lowest BCUT2D eigenvalue weighted by atomic mass is 10.1. The molecule has 0 aliphatic carbocycles. The first-order valence-electron chi connectivity index (χ1n) is 6.50. The van der Waals surface area contributed by atoms with Crippen LogP contribution in [0, 0.1) is 6.92 Å². The number of rotatable bonds is 6. The Morgan fingerprint density at radius 2 is 1.90 bits per heavy atom. The number of ether oxygens (including phenoxy) is 2. The molecule has 0 saturated carbocycles.